The van der Waals surface area contributed by atoms with Crippen LogP contribution in [0.2, 0.25) is 0 Å². The van der Waals surface area contributed by atoms with Gasteiger partial charge in [0.05, 0.1) is 11.4 Å². The molecule has 0 aliphatic carbocycles. The van der Waals surface area contributed by atoms with Crippen LogP contribution in [0.5, 0.6) is 0 Å². The lowest BCUT2D eigenvalue weighted by molar-refractivity contribution is 0.0946. The van der Waals surface area contributed by atoms with E-state index in [4.69, 9.17) is 5.11 Å². The molecule has 102 valence electrons. The second-order valence-corrected chi connectivity index (χ2v) is 5.24. The summed E-state index contributed by atoms with van der Waals surface area (Å²) in [4.78, 5) is 18.0. The molecule has 5 heteroatoms. The molecule has 0 atom stereocenters. The SMILES string of the molecule is Cc1cccc(C(=O)NCc2ccc(C#CCO)s2)n1. The average molecular weight is 286 g/mol. The van der Waals surface area contributed by atoms with Crippen LogP contribution in [0.15, 0.2) is 30.3 Å². The molecular formula is C15H14N2O2S. The zero-order valence-electron chi connectivity index (χ0n) is 11.0. The van der Waals surface area contributed by atoms with Gasteiger partial charge in [-0.3, -0.25) is 4.79 Å². The average Bonchev–Trinajstić information content (AvgIpc) is 2.90. The first kappa shape index (κ1) is 14.3. The van der Waals surface area contributed by atoms with Gasteiger partial charge in [-0.05, 0) is 31.2 Å². The highest BCUT2D eigenvalue weighted by Gasteiger charge is 2.07. The van der Waals surface area contributed by atoms with Gasteiger partial charge in [-0.15, -0.1) is 11.3 Å². The number of aromatic nitrogens is 1. The van der Waals surface area contributed by atoms with Crippen molar-refractivity contribution < 1.29 is 9.90 Å². The van der Waals surface area contributed by atoms with Crippen molar-refractivity contribution >= 4 is 17.2 Å². The largest absolute Gasteiger partial charge is 0.384 e. The minimum atomic E-state index is -0.190. The molecule has 4 nitrogen and oxygen atoms in total. The number of rotatable bonds is 3. The number of amides is 1. The second-order valence-electron chi connectivity index (χ2n) is 4.07. The van der Waals surface area contributed by atoms with Gasteiger partial charge >= 0.3 is 0 Å². The molecule has 0 bridgehead atoms. The molecule has 2 rings (SSSR count). The number of aliphatic hydroxyl groups excluding tert-OH is 1. The molecule has 0 radical (unpaired) electrons. The molecule has 0 aromatic carbocycles. The number of carbonyl (C=O) groups is 1. The Kier molecular flexibility index (Phi) is 4.88. The van der Waals surface area contributed by atoms with E-state index in [1.165, 1.54) is 11.3 Å². The first-order valence-corrected chi connectivity index (χ1v) is 6.91. The normalized spacial score (nSPS) is 9.70. The Morgan fingerprint density at radius 3 is 3.00 bits per heavy atom. The Labute approximate surface area is 121 Å². The van der Waals surface area contributed by atoms with Gasteiger partial charge in [-0.2, -0.15) is 0 Å². The van der Waals surface area contributed by atoms with Crippen molar-refractivity contribution in [2.75, 3.05) is 6.61 Å². The topological polar surface area (TPSA) is 62.2 Å². The predicted octanol–water partition coefficient (Wildman–Crippen LogP) is 1.73. The summed E-state index contributed by atoms with van der Waals surface area (Å²) in [5.74, 6) is 5.24. The van der Waals surface area contributed by atoms with Gasteiger partial charge in [0, 0.05) is 10.6 Å². The van der Waals surface area contributed by atoms with Crippen LogP contribution >= 0.6 is 11.3 Å². The Balaban J connectivity index is 1.95. The Morgan fingerprint density at radius 1 is 1.40 bits per heavy atom. The van der Waals surface area contributed by atoms with E-state index in [0.717, 1.165) is 15.4 Å². The van der Waals surface area contributed by atoms with Crippen molar-refractivity contribution in [1.29, 1.82) is 0 Å². The first-order chi connectivity index (χ1) is 9.69. The minimum Gasteiger partial charge on any atom is -0.384 e. The van der Waals surface area contributed by atoms with Crippen molar-refractivity contribution in [3.63, 3.8) is 0 Å². The van der Waals surface area contributed by atoms with Crippen LogP contribution < -0.4 is 5.32 Å². The molecule has 0 saturated carbocycles. The van der Waals surface area contributed by atoms with E-state index in [2.05, 4.69) is 22.1 Å². The minimum absolute atomic E-state index is 0.150. The van der Waals surface area contributed by atoms with Crippen molar-refractivity contribution in [3.05, 3.63) is 51.5 Å². The van der Waals surface area contributed by atoms with Crippen LogP contribution in [0, 0.1) is 18.8 Å². The highest BCUT2D eigenvalue weighted by molar-refractivity contribution is 7.12. The molecule has 0 unspecified atom stereocenters. The maximum Gasteiger partial charge on any atom is 0.270 e. The third kappa shape index (κ3) is 3.92. The van der Waals surface area contributed by atoms with Gasteiger partial charge in [0.2, 0.25) is 0 Å². The van der Waals surface area contributed by atoms with Gasteiger partial charge in [0.15, 0.2) is 0 Å². The van der Waals surface area contributed by atoms with E-state index in [1.807, 2.05) is 31.2 Å². The molecule has 0 aliphatic heterocycles. The number of pyridine rings is 1. The first-order valence-electron chi connectivity index (χ1n) is 6.09. The van der Waals surface area contributed by atoms with Gasteiger partial charge in [-0.25, -0.2) is 4.98 Å². The van der Waals surface area contributed by atoms with Gasteiger partial charge in [0.1, 0.15) is 12.3 Å². The van der Waals surface area contributed by atoms with E-state index in [9.17, 15) is 4.79 Å². The molecule has 2 heterocycles. The Bertz CT molecular complexity index is 668. The molecule has 0 saturated heterocycles. The van der Waals surface area contributed by atoms with Crippen LogP contribution in [-0.2, 0) is 6.54 Å². The lowest BCUT2D eigenvalue weighted by atomic mass is 10.3. The fraction of sp³-hybridized carbons (Fsp3) is 0.200. The van der Waals surface area contributed by atoms with Crippen molar-refractivity contribution in [1.82, 2.24) is 10.3 Å². The number of thiophene rings is 1. The van der Waals surface area contributed by atoms with E-state index in [0.29, 0.717) is 12.2 Å². The monoisotopic (exact) mass is 286 g/mol. The van der Waals surface area contributed by atoms with E-state index >= 15 is 0 Å². The third-order valence-electron chi connectivity index (χ3n) is 2.50. The third-order valence-corrected chi connectivity index (χ3v) is 3.50. The summed E-state index contributed by atoms with van der Waals surface area (Å²) >= 11 is 1.49. The lowest BCUT2D eigenvalue weighted by Gasteiger charge is -2.03. The van der Waals surface area contributed by atoms with Crippen LogP contribution in [0.1, 0.15) is 25.9 Å². The van der Waals surface area contributed by atoms with Crippen molar-refractivity contribution in [3.8, 4) is 11.8 Å². The Hall–Kier alpha value is -2.16. The van der Waals surface area contributed by atoms with E-state index in [1.54, 1.807) is 6.07 Å². The molecule has 2 N–H and O–H groups in total. The summed E-state index contributed by atoms with van der Waals surface area (Å²) in [5.41, 5.74) is 1.23. The van der Waals surface area contributed by atoms with E-state index in [-0.39, 0.29) is 12.5 Å². The molecular weight excluding hydrogens is 272 g/mol. The standard InChI is InChI=1S/C15H14N2O2S/c1-11-4-2-6-14(17-11)15(19)16-10-13-8-7-12(20-13)5-3-9-18/h2,4,6-8,18H,9-10H2,1H3,(H,16,19). The second kappa shape index (κ2) is 6.85. The smallest absolute Gasteiger partial charge is 0.270 e. The summed E-state index contributed by atoms with van der Waals surface area (Å²) in [6.07, 6.45) is 0. The number of aliphatic hydroxyl groups is 1. The molecule has 2 aromatic rings. The highest BCUT2D eigenvalue weighted by Crippen LogP contribution is 2.15. The van der Waals surface area contributed by atoms with E-state index < -0.39 is 0 Å². The Morgan fingerprint density at radius 2 is 2.25 bits per heavy atom. The predicted molar refractivity (Wildman–Crippen MR) is 78.4 cm³/mol. The molecule has 0 spiro atoms. The summed E-state index contributed by atoms with van der Waals surface area (Å²) in [6, 6.07) is 9.14. The number of hydrogen-bond donors (Lipinski definition) is 2. The fourth-order valence-electron chi connectivity index (χ4n) is 1.59. The maximum atomic E-state index is 11.9. The van der Waals surface area contributed by atoms with Gasteiger partial charge in [-0.1, -0.05) is 17.9 Å². The maximum absolute atomic E-state index is 11.9. The van der Waals surface area contributed by atoms with Crippen LogP contribution in [0.4, 0.5) is 0 Å². The molecule has 2 aromatic heterocycles. The number of aryl methyl sites for hydroxylation is 1. The van der Waals surface area contributed by atoms with Crippen molar-refractivity contribution in [2.45, 2.75) is 13.5 Å². The number of hydrogen-bond acceptors (Lipinski definition) is 4. The van der Waals surface area contributed by atoms with Crippen LogP contribution in [0.3, 0.4) is 0 Å². The summed E-state index contributed by atoms with van der Waals surface area (Å²) in [6.45, 7) is 2.14. The summed E-state index contributed by atoms with van der Waals surface area (Å²) < 4.78 is 0. The molecule has 20 heavy (non-hydrogen) atoms. The van der Waals surface area contributed by atoms with Crippen LogP contribution in [-0.4, -0.2) is 22.6 Å². The number of carbonyl (C=O) groups excluding carboxylic acids is 1. The lowest BCUT2D eigenvalue weighted by Crippen LogP contribution is -2.23. The molecule has 0 aliphatic rings. The summed E-state index contributed by atoms with van der Waals surface area (Å²) in [5, 5.41) is 11.4. The van der Waals surface area contributed by atoms with Crippen LogP contribution in [0.25, 0.3) is 0 Å². The number of nitrogens with zero attached hydrogens (tertiary/aromatic N) is 1. The quantitative estimate of drug-likeness (QED) is 0.845. The molecule has 0 fully saturated rings. The molecule has 1 amide bonds. The van der Waals surface area contributed by atoms with Gasteiger partial charge < -0.3 is 10.4 Å². The van der Waals surface area contributed by atoms with Gasteiger partial charge in [0.25, 0.3) is 5.91 Å². The zero-order valence-corrected chi connectivity index (χ0v) is 11.8. The van der Waals surface area contributed by atoms with Crippen molar-refractivity contribution in [2.24, 2.45) is 0 Å². The number of nitrogens with one attached hydrogen (secondary N) is 1. The fourth-order valence-corrected chi connectivity index (χ4v) is 2.42. The summed E-state index contributed by atoms with van der Waals surface area (Å²) in [7, 11) is 0. The zero-order chi connectivity index (χ0) is 14.4. The highest BCUT2D eigenvalue weighted by atomic mass is 32.1.